The Hall–Kier alpha value is -2.15. The number of anilines is 1. The summed E-state index contributed by atoms with van der Waals surface area (Å²) in [6.45, 7) is 3.61. The molecule has 1 aliphatic heterocycles. The van der Waals surface area contributed by atoms with Crippen molar-refractivity contribution >= 4 is 63.5 Å². The van der Waals surface area contributed by atoms with Gasteiger partial charge in [-0.15, -0.1) is 0 Å². The quantitative estimate of drug-likeness (QED) is 0.570. The molecule has 1 N–H and O–H groups in total. The lowest BCUT2D eigenvalue weighted by molar-refractivity contribution is -0.129. The first-order valence-electron chi connectivity index (χ1n) is 8.25. The maximum absolute atomic E-state index is 12.8. The van der Waals surface area contributed by atoms with Crippen LogP contribution in [0.1, 0.15) is 18.1 Å². The summed E-state index contributed by atoms with van der Waals surface area (Å²) in [6, 6.07) is 13.9. The molecule has 0 saturated carbocycles. The molecule has 2 aromatic carbocycles. The van der Waals surface area contributed by atoms with E-state index in [1.807, 2.05) is 43.3 Å². The van der Waals surface area contributed by atoms with Crippen molar-refractivity contribution in [1.29, 1.82) is 0 Å². The highest BCUT2D eigenvalue weighted by Gasteiger charge is 2.38. The number of thioether (sulfide) groups is 1. The molecule has 3 rings (SSSR count). The molecular weight excluding hydrogens is 400 g/mol. The summed E-state index contributed by atoms with van der Waals surface area (Å²) in [4.78, 5) is 27.2. The second-order valence-electron chi connectivity index (χ2n) is 6.14. The van der Waals surface area contributed by atoms with Gasteiger partial charge in [0.15, 0.2) is 0 Å². The van der Waals surface area contributed by atoms with Gasteiger partial charge in [0.25, 0.3) is 5.91 Å². The summed E-state index contributed by atoms with van der Waals surface area (Å²) >= 11 is 12.4. The largest absolute Gasteiger partial charge is 0.324 e. The molecule has 1 saturated heterocycles. The van der Waals surface area contributed by atoms with E-state index in [0.717, 1.165) is 11.1 Å². The third-order valence-electron chi connectivity index (χ3n) is 4.04. The van der Waals surface area contributed by atoms with E-state index in [2.05, 4.69) is 5.32 Å². The Morgan fingerprint density at radius 1 is 1.26 bits per heavy atom. The number of carbonyl (C=O) groups is 2. The van der Waals surface area contributed by atoms with Crippen LogP contribution in [0.15, 0.2) is 53.4 Å². The van der Waals surface area contributed by atoms with Crippen LogP contribution >= 0.6 is 35.6 Å². The Morgan fingerprint density at radius 2 is 1.96 bits per heavy atom. The SMILES string of the molecule is Cc1cccc(NC(=O)C(C)N2C(=O)/C(=C/c3ccc(Cl)cc3)SC2=S)c1. The highest BCUT2D eigenvalue weighted by atomic mass is 35.5. The topological polar surface area (TPSA) is 49.4 Å². The molecule has 1 atom stereocenters. The molecule has 0 bridgehead atoms. The molecule has 4 nitrogen and oxygen atoms in total. The second-order valence-corrected chi connectivity index (χ2v) is 8.25. The first kappa shape index (κ1) is 19.6. The number of rotatable bonds is 4. The average Bonchev–Trinajstić information content (AvgIpc) is 2.90. The standard InChI is InChI=1S/C20H17ClN2O2S2/c1-12-4-3-5-16(10-12)22-18(24)13(2)23-19(25)17(27-20(23)26)11-14-6-8-15(21)9-7-14/h3-11,13H,1-2H3,(H,22,24)/b17-11-. The van der Waals surface area contributed by atoms with E-state index < -0.39 is 6.04 Å². The molecular formula is C20H17ClN2O2S2. The molecule has 1 heterocycles. The van der Waals surface area contributed by atoms with Gasteiger partial charge in [0.05, 0.1) is 4.91 Å². The van der Waals surface area contributed by atoms with E-state index in [9.17, 15) is 9.59 Å². The minimum atomic E-state index is -0.714. The first-order chi connectivity index (χ1) is 12.8. The smallest absolute Gasteiger partial charge is 0.266 e. The molecule has 2 amide bonds. The molecule has 0 radical (unpaired) electrons. The van der Waals surface area contributed by atoms with E-state index in [0.29, 0.717) is 19.9 Å². The number of benzene rings is 2. The van der Waals surface area contributed by atoms with Crippen LogP contribution in [0, 0.1) is 6.92 Å². The zero-order valence-corrected chi connectivity index (χ0v) is 17.1. The molecule has 1 fully saturated rings. The molecule has 0 aromatic heterocycles. The van der Waals surface area contributed by atoms with Crippen LogP contribution in [0.2, 0.25) is 5.02 Å². The highest BCUT2D eigenvalue weighted by Crippen LogP contribution is 2.34. The minimum Gasteiger partial charge on any atom is -0.324 e. The summed E-state index contributed by atoms with van der Waals surface area (Å²) in [5, 5.41) is 3.46. The zero-order valence-electron chi connectivity index (χ0n) is 14.7. The number of amides is 2. The van der Waals surface area contributed by atoms with Crippen molar-refractivity contribution in [2.24, 2.45) is 0 Å². The van der Waals surface area contributed by atoms with Crippen molar-refractivity contribution in [3.8, 4) is 0 Å². The van der Waals surface area contributed by atoms with Gasteiger partial charge in [0.1, 0.15) is 10.4 Å². The predicted octanol–water partition coefficient (Wildman–Crippen LogP) is 4.88. The minimum absolute atomic E-state index is 0.271. The van der Waals surface area contributed by atoms with Gasteiger partial charge in [0.2, 0.25) is 5.91 Å². The maximum Gasteiger partial charge on any atom is 0.266 e. The van der Waals surface area contributed by atoms with Crippen molar-refractivity contribution in [3.05, 3.63) is 69.6 Å². The molecule has 1 unspecified atom stereocenters. The van der Waals surface area contributed by atoms with Crippen molar-refractivity contribution < 1.29 is 9.59 Å². The normalized spacial score (nSPS) is 16.7. The lowest BCUT2D eigenvalue weighted by atomic mass is 10.2. The Labute approximate surface area is 172 Å². The molecule has 138 valence electrons. The number of nitrogens with one attached hydrogen (secondary N) is 1. The number of thiocarbonyl (C=S) groups is 1. The van der Waals surface area contributed by atoms with E-state index in [4.69, 9.17) is 23.8 Å². The Bertz CT molecular complexity index is 941. The fourth-order valence-corrected chi connectivity index (χ4v) is 4.16. The predicted molar refractivity (Wildman–Crippen MR) is 116 cm³/mol. The van der Waals surface area contributed by atoms with Crippen LogP contribution in [0.4, 0.5) is 5.69 Å². The number of hydrogen-bond donors (Lipinski definition) is 1. The van der Waals surface area contributed by atoms with Gasteiger partial charge in [-0.1, -0.05) is 59.8 Å². The summed E-state index contributed by atoms with van der Waals surface area (Å²) in [5.74, 6) is -0.559. The van der Waals surface area contributed by atoms with Gasteiger partial charge in [0, 0.05) is 10.7 Å². The zero-order chi connectivity index (χ0) is 19.6. The summed E-state index contributed by atoms with van der Waals surface area (Å²) in [7, 11) is 0. The summed E-state index contributed by atoms with van der Waals surface area (Å²) in [5.41, 5.74) is 2.57. The van der Waals surface area contributed by atoms with Crippen LogP contribution in [0.5, 0.6) is 0 Å². The molecule has 2 aromatic rings. The first-order valence-corrected chi connectivity index (χ1v) is 9.85. The maximum atomic E-state index is 12.8. The lowest BCUT2D eigenvalue weighted by Crippen LogP contribution is -2.44. The van der Waals surface area contributed by atoms with Crippen molar-refractivity contribution in [3.63, 3.8) is 0 Å². The van der Waals surface area contributed by atoms with Gasteiger partial charge >= 0.3 is 0 Å². The number of nitrogens with zero attached hydrogens (tertiary/aromatic N) is 1. The van der Waals surface area contributed by atoms with Gasteiger partial charge in [-0.3, -0.25) is 14.5 Å². The monoisotopic (exact) mass is 416 g/mol. The van der Waals surface area contributed by atoms with Crippen LogP contribution in [0.25, 0.3) is 6.08 Å². The second kappa shape index (κ2) is 8.25. The Morgan fingerprint density at radius 3 is 2.63 bits per heavy atom. The molecule has 0 spiro atoms. The van der Waals surface area contributed by atoms with E-state index in [-0.39, 0.29) is 11.8 Å². The van der Waals surface area contributed by atoms with Crippen molar-refractivity contribution in [2.75, 3.05) is 5.32 Å². The van der Waals surface area contributed by atoms with E-state index in [1.54, 1.807) is 25.1 Å². The fraction of sp³-hybridized carbons (Fsp3) is 0.150. The summed E-state index contributed by atoms with van der Waals surface area (Å²) < 4.78 is 0.368. The number of hydrogen-bond acceptors (Lipinski definition) is 4. The van der Waals surface area contributed by atoms with Gasteiger partial charge in [-0.2, -0.15) is 0 Å². The molecule has 27 heavy (non-hydrogen) atoms. The fourth-order valence-electron chi connectivity index (χ4n) is 2.61. The number of aryl methyl sites for hydroxylation is 1. The Kier molecular flexibility index (Phi) is 5.99. The number of carbonyl (C=O) groups excluding carboxylic acids is 2. The van der Waals surface area contributed by atoms with E-state index >= 15 is 0 Å². The highest BCUT2D eigenvalue weighted by molar-refractivity contribution is 8.26. The third kappa shape index (κ3) is 4.58. The van der Waals surface area contributed by atoms with E-state index in [1.165, 1.54) is 16.7 Å². The lowest BCUT2D eigenvalue weighted by Gasteiger charge is -2.22. The van der Waals surface area contributed by atoms with Crippen molar-refractivity contribution in [2.45, 2.75) is 19.9 Å². The van der Waals surface area contributed by atoms with Crippen LogP contribution < -0.4 is 5.32 Å². The third-order valence-corrected chi connectivity index (χ3v) is 5.63. The molecule has 0 aliphatic carbocycles. The van der Waals surface area contributed by atoms with Gasteiger partial charge < -0.3 is 5.32 Å². The molecule has 7 heteroatoms. The molecule has 1 aliphatic rings. The summed E-state index contributed by atoms with van der Waals surface area (Å²) in [6.07, 6.45) is 1.75. The van der Waals surface area contributed by atoms with Crippen LogP contribution in [-0.4, -0.2) is 27.1 Å². The Balaban J connectivity index is 1.75. The number of halogens is 1. The average molecular weight is 417 g/mol. The van der Waals surface area contributed by atoms with Crippen molar-refractivity contribution in [1.82, 2.24) is 4.90 Å². The van der Waals surface area contributed by atoms with Crippen LogP contribution in [-0.2, 0) is 9.59 Å². The van der Waals surface area contributed by atoms with Gasteiger partial charge in [-0.25, -0.2) is 0 Å². The van der Waals surface area contributed by atoms with Gasteiger partial charge in [-0.05, 0) is 55.3 Å². The van der Waals surface area contributed by atoms with Crippen LogP contribution in [0.3, 0.4) is 0 Å².